The van der Waals surface area contributed by atoms with Gasteiger partial charge in [-0.1, -0.05) is 24.3 Å². The molecule has 1 amide bonds. The maximum Gasteiger partial charge on any atom is 0.314 e. The number of carbonyl (C=O) groups excluding carboxylic acids is 4. The van der Waals surface area contributed by atoms with Crippen LogP contribution in [-0.4, -0.2) is 252 Å². The highest BCUT2D eigenvalue weighted by Crippen LogP contribution is 2.55. The number of fused-ring (bicyclic) bond motifs is 6. The number of para-hydroxylation sites is 1. The first-order valence-electron chi connectivity index (χ1n) is 25.9. The molecule has 2 bridgehead atoms. The van der Waals surface area contributed by atoms with Crippen molar-refractivity contribution in [1.29, 1.82) is 0 Å². The maximum absolute atomic E-state index is 15.0. The van der Waals surface area contributed by atoms with Crippen molar-refractivity contribution in [2.75, 3.05) is 45.5 Å². The summed E-state index contributed by atoms with van der Waals surface area (Å²) in [5.74, 6) is -14.0. The molecule has 3 aromatic carbocycles. The minimum Gasteiger partial charge on any atom is -0.504 e. The number of amides is 1. The van der Waals surface area contributed by atoms with Gasteiger partial charge in [0.2, 0.25) is 18.0 Å². The molecule has 7 aliphatic rings. The van der Waals surface area contributed by atoms with Gasteiger partial charge in [-0.25, -0.2) is 0 Å². The van der Waals surface area contributed by atoms with Crippen LogP contribution in [0.5, 0.6) is 23.0 Å². The summed E-state index contributed by atoms with van der Waals surface area (Å²) in [6.07, 6.45) is -34.5. The van der Waals surface area contributed by atoms with Crippen molar-refractivity contribution in [1.82, 2.24) is 0 Å². The molecule has 15 N–H and O–H groups in total. The summed E-state index contributed by atoms with van der Waals surface area (Å²) < 4.78 is 62.6. The first-order chi connectivity index (χ1) is 39.1. The summed E-state index contributed by atoms with van der Waals surface area (Å²) in [7, 11) is 1.24. The molecule has 448 valence electrons. The standard InChI is InChI=1S/C52H61NO29/c1-72-25-8-17(6-7-23(25)56)32-20-10-26(76-50-43(67)40(64)36(60)28(78-50)13-73-31(58)11-21-18-4-2-3-5-22(18)53-46(21)69)24(57)9-19(20)33-34(32)47(70)74-15-30-38(62)45(80-48(33)71)52(16-55,81-30)82-51-44(68)41(65)37(61)29(79-51)14-75-49-42(66)39(63)35(59)27(12-54)77-49/h2-10,21,27-30,32-45,49-51,54-57,59-68H,11-16H2,1H3,(H,53,69). The summed E-state index contributed by atoms with van der Waals surface area (Å²) >= 11 is 0. The SMILES string of the molecule is COc1cc(C2c3cc(OC4OC(COC(=O)CC5C(=O)Nc6ccccc65)C(O)C(O)C4O)c(O)cc3C3C(=O)OC4C(O)C(COC(=O)C32)OC4(CO)OC2OC(COC3OC(CO)C(O)C(O)C3O)C(O)C(O)C2O)ccc1O. The Labute approximate surface area is 462 Å². The largest absolute Gasteiger partial charge is 0.504 e. The average Bonchev–Trinajstić information content (AvgIpc) is 2.43. The highest BCUT2D eigenvalue weighted by Gasteiger charge is 2.64. The average molecular weight is 1160 g/mol. The number of aliphatic hydroxyl groups excluding tert-OH is 12. The maximum atomic E-state index is 15.0. The zero-order valence-corrected chi connectivity index (χ0v) is 43.0. The van der Waals surface area contributed by atoms with Crippen LogP contribution in [0.15, 0.2) is 54.6 Å². The van der Waals surface area contributed by atoms with Gasteiger partial charge < -0.3 is 129 Å². The molecule has 1 aliphatic carbocycles. The number of cyclic esters (lactones) is 1. The van der Waals surface area contributed by atoms with Crippen molar-refractivity contribution in [2.24, 2.45) is 5.92 Å². The molecule has 5 fully saturated rings. The number of aromatic hydroxyl groups is 2. The van der Waals surface area contributed by atoms with Crippen molar-refractivity contribution in [2.45, 2.75) is 140 Å². The van der Waals surface area contributed by atoms with Gasteiger partial charge in [0.1, 0.15) is 105 Å². The van der Waals surface area contributed by atoms with Crippen LogP contribution < -0.4 is 14.8 Å². The number of carbonyl (C=O) groups is 4. The molecule has 3 aromatic rings. The Bertz CT molecular complexity index is 2860. The second-order valence-electron chi connectivity index (χ2n) is 20.8. The lowest BCUT2D eigenvalue weighted by Gasteiger charge is -2.45. The van der Waals surface area contributed by atoms with Crippen LogP contribution >= 0.6 is 0 Å². The number of nitrogens with one attached hydrogen (secondary N) is 1. The number of hydrogen-bond acceptors (Lipinski definition) is 29. The number of esters is 3. The summed E-state index contributed by atoms with van der Waals surface area (Å²) in [4.78, 5) is 55.3. The van der Waals surface area contributed by atoms with Crippen molar-refractivity contribution in [3.8, 4) is 23.0 Å². The highest BCUT2D eigenvalue weighted by molar-refractivity contribution is 6.04. The van der Waals surface area contributed by atoms with E-state index in [0.29, 0.717) is 11.3 Å². The van der Waals surface area contributed by atoms with Gasteiger partial charge in [0.25, 0.3) is 0 Å². The van der Waals surface area contributed by atoms with Crippen LogP contribution in [0.25, 0.3) is 0 Å². The van der Waals surface area contributed by atoms with E-state index in [1.165, 1.54) is 25.3 Å². The van der Waals surface area contributed by atoms with Gasteiger partial charge in [-0.05, 0) is 52.6 Å². The van der Waals surface area contributed by atoms with Crippen molar-refractivity contribution in [3.63, 3.8) is 0 Å². The van der Waals surface area contributed by atoms with Crippen LogP contribution in [0.3, 0.4) is 0 Å². The number of hydrogen-bond donors (Lipinski definition) is 15. The number of aliphatic hydroxyl groups is 12. The molecular weight excluding hydrogens is 1100 g/mol. The number of anilines is 1. The summed E-state index contributed by atoms with van der Waals surface area (Å²) in [6.45, 7) is -4.52. The number of ether oxygens (including phenoxy) is 11. The lowest BCUT2D eigenvalue weighted by molar-refractivity contribution is -0.388. The molecule has 6 aliphatic heterocycles. The highest BCUT2D eigenvalue weighted by atomic mass is 16.8. The predicted octanol–water partition coefficient (Wildman–Crippen LogP) is -5.64. The van der Waals surface area contributed by atoms with Gasteiger partial charge in [0, 0.05) is 11.6 Å². The van der Waals surface area contributed by atoms with E-state index < -0.39 is 215 Å². The minimum absolute atomic E-state index is 0.0208. The van der Waals surface area contributed by atoms with Gasteiger partial charge in [-0.15, -0.1) is 0 Å². The van der Waals surface area contributed by atoms with E-state index in [0.717, 1.165) is 12.1 Å². The van der Waals surface area contributed by atoms with Crippen LogP contribution in [0.1, 0.15) is 46.4 Å². The van der Waals surface area contributed by atoms with E-state index >= 15 is 0 Å². The Balaban J connectivity index is 0.916. The Kier molecular flexibility index (Phi) is 17.0. The third-order valence-corrected chi connectivity index (χ3v) is 15.8. The zero-order chi connectivity index (χ0) is 58.8. The Morgan fingerprint density at radius 3 is 1.99 bits per heavy atom. The van der Waals surface area contributed by atoms with Gasteiger partial charge in [0.15, 0.2) is 41.7 Å². The molecule has 23 unspecified atom stereocenters. The Morgan fingerprint density at radius 1 is 0.659 bits per heavy atom. The molecule has 5 saturated heterocycles. The Morgan fingerprint density at radius 2 is 1.29 bits per heavy atom. The smallest absolute Gasteiger partial charge is 0.314 e. The lowest BCUT2D eigenvalue weighted by atomic mass is 9.82. The summed E-state index contributed by atoms with van der Waals surface area (Å²) in [6, 6.07) is 12.8. The molecule has 23 atom stereocenters. The third kappa shape index (κ3) is 10.7. The summed E-state index contributed by atoms with van der Waals surface area (Å²) in [5, 5.41) is 154. The molecule has 0 spiro atoms. The first kappa shape index (κ1) is 59.2. The molecule has 30 heteroatoms. The zero-order valence-electron chi connectivity index (χ0n) is 43.0. The molecule has 0 saturated carbocycles. The number of phenols is 2. The number of phenolic OH excluding ortho intramolecular Hbond substituents is 2. The van der Waals surface area contributed by atoms with E-state index in [9.17, 15) is 90.7 Å². The molecule has 0 radical (unpaired) electrons. The quantitative estimate of drug-likeness (QED) is 0.0498. The summed E-state index contributed by atoms with van der Waals surface area (Å²) in [5.41, 5.74) is 1.13. The fourth-order valence-corrected chi connectivity index (χ4v) is 11.4. The van der Waals surface area contributed by atoms with Crippen LogP contribution in [-0.2, 0) is 61.8 Å². The fraction of sp³-hybridized carbons (Fsp3) is 0.577. The van der Waals surface area contributed by atoms with Gasteiger partial charge >= 0.3 is 17.9 Å². The second kappa shape index (κ2) is 23.6. The Hall–Kier alpha value is -5.98. The number of benzene rings is 3. The van der Waals surface area contributed by atoms with Crippen molar-refractivity contribution < 1.29 is 143 Å². The first-order valence-corrected chi connectivity index (χ1v) is 25.9. The topological polar surface area (TPSA) is 465 Å². The monoisotopic (exact) mass is 1160 g/mol. The molecule has 10 rings (SSSR count). The predicted molar refractivity (Wildman–Crippen MR) is 261 cm³/mol. The van der Waals surface area contributed by atoms with Crippen molar-refractivity contribution in [3.05, 3.63) is 76.9 Å². The molecule has 0 aromatic heterocycles. The minimum atomic E-state index is -2.76. The van der Waals surface area contributed by atoms with Gasteiger partial charge in [0.05, 0.1) is 44.5 Å². The van der Waals surface area contributed by atoms with E-state index in [4.69, 9.17) is 52.1 Å². The van der Waals surface area contributed by atoms with E-state index in [-0.39, 0.29) is 28.2 Å². The van der Waals surface area contributed by atoms with Crippen LogP contribution in [0, 0.1) is 5.92 Å². The van der Waals surface area contributed by atoms with Crippen molar-refractivity contribution >= 4 is 29.5 Å². The van der Waals surface area contributed by atoms with Gasteiger partial charge in [-0.3, -0.25) is 19.2 Å². The normalized spacial score (nSPS) is 39.7. The van der Waals surface area contributed by atoms with Crippen LogP contribution in [0.2, 0.25) is 0 Å². The molecule has 6 heterocycles. The molecular formula is C52H61NO29. The number of methoxy groups -OCH3 is 1. The van der Waals surface area contributed by atoms with Gasteiger partial charge in [-0.2, -0.15) is 0 Å². The van der Waals surface area contributed by atoms with Crippen LogP contribution in [0.4, 0.5) is 5.69 Å². The lowest BCUT2D eigenvalue weighted by Crippen LogP contribution is -2.64. The second-order valence-corrected chi connectivity index (χ2v) is 20.8. The molecule has 30 nitrogen and oxygen atoms in total. The molecule has 82 heavy (non-hydrogen) atoms. The van der Waals surface area contributed by atoms with E-state index in [2.05, 4.69) is 5.32 Å². The third-order valence-electron chi connectivity index (χ3n) is 15.8. The van der Waals surface area contributed by atoms with E-state index in [1.807, 2.05) is 0 Å². The number of rotatable bonds is 15. The van der Waals surface area contributed by atoms with E-state index in [1.54, 1.807) is 24.3 Å². The fourth-order valence-electron chi connectivity index (χ4n) is 11.4.